The van der Waals surface area contributed by atoms with Crippen LogP contribution in [-0.4, -0.2) is 10.9 Å². The minimum absolute atomic E-state index is 0.129. The number of nitrogen functional groups attached to an aromatic ring is 1. The Morgan fingerprint density at radius 2 is 1.86 bits per heavy atom. The van der Waals surface area contributed by atoms with Gasteiger partial charge in [0.1, 0.15) is 0 Å². The lowest BCUT2D eigenvalue weighted by molar-refractivity contribution is 0.102. The molecule has 0 atom stereocenters. The predicted octanol–water partition coefficient (Wildman–Crippen LogP) is 3.21. The molecule has 4 nitrogen and oxygen atoms in total. The third kappa shape index (κ3) is 2.53. The summed E-state index contributed by atoms with van der Waals surface area (Å²) in [7, 11) is 0. The number of halogens is 1. The van der Waals surface area contributed by atoms with E-state index in [9.17, 15) is 9.18 Å². The van der Waals surface area contributed by atoms with E-state index in [2.05, 4.69) is 10.3 Å². The molecule has 1 aromatic heterocycles. The smallest absolute Gasteiger partial charge is 0.258 e. The summed E-state index contributed by atoms with van der Waals surface area (Å²) in [5.74, 6) is -1.66. The molecule has 104 valence electrons. The molecule has 2 aromatic carbocycles. The summed E-state index contributed by atoms with van der Waals surface area (Å²) < 4.78 is 13.8. The van der Waals surface area contributed by atoms with Crippen molar-refractivity contribution in [2.24, 2.45) is 0 Å². The Morgan fingerprint density at radius 3 is 2.67 bits per heavy atom. The molecule has 0 fully saturated rings. The molecular formula is C16H12FN3O. The molecule has 1 heterocycles. The van der Waals surface area contributed by atoms with Crippen molar-refractivity contribution in [1.82, 2.24) is 4.98 Å². The SMILES string of the molecule is Nc1nccc(C(=O)Nc2ccc3ccccc3c2)c1F. The highest BCUT2D eigenvalue weighted by atomic mass is 19.1. The molecule has 0 spiro atoms. The number of nitrogens with one attached hydrogen (secondary N) is 1. The maximum atomic E-state index is 13.8. The van der Waals surface area contributed by atoms with Crippen molar-refractivity contribution in [3.63, 3.8) is 0 Å². The van der Waals surface area contributed by atoms with Gasteiger partial charge in [0.2, 0.25) is 0 Å². The first-order chi connectivity index (χ1) is 10.1. The molecule has 21 heavy (non-hydrogen) atoms. The van der Waals surface area contributed by atoms with Gasteiger partial charge in [-0.15, -0.1) is 0 Å². The van der Waals surface area contributed by atoms with Gasteiger partial charge in [-0.25, -0.2) is 9.37 Å². The van der Waals surface area contributed by atoms with Gasteiger partial charge in [-0.3, -0.25) is 4.79 Å². The topological polar surface area (TPSA) is 68.0 Å². The average molecular weight is 281 g/mol. The van der Waals surface area contributed by atoms with Crippen LogP contribution in [0.15, 0.2) is 54.7 Å². The second kappa shape index (κ2) is 5.20. The van der Waals surface area contributed by atoms with Crippen LogP contribution in [0.1, 0.15) is 10.4 Å². The molecule has 0 unspecified atom stereocenters. The molecular weight excluding hydrogens is 269 g/mol. The molecule has 0 bridgehead atoms. The van der Waals surface area contributed by atoms with Gasteiger partial charge in [0.05, 0.1) is 5.56 Å². The van der Waals surface area contributed by atoms with Crippen molar-refractivity contribution in [3.8, 4) is 0 Å². The molecule has 1 amide bonds. The second-order valence-corrected chi connectivity index (χ2v) is 4.57. The number of hydrogen-bond donors (Lipinski definition) is 2. The Balaban J connectivity index is 1.91. The van der Waals surface area contributed by atoms with Crippen LogP contribution >= 0.6 is 0 Å². The number of pyridine rings is 1. The zero-order valence-electron chi connectivity index (χ0n) is 11.0. The van der Waals surface area contributed by atoms with E-state index >= 15 is 0 Å². The van der Waals surface area contributed by atoms with Crippen molar-refractivity contribution in [2.45, 2.75) is 0 Å². The zero-order chi connectivity index (χ0) is 14.8. The second-order valence-electron chi connectivity index (χ2n) is 4.57. The van der Waals surface area contributed by atoms with Crippen LogP contribution in [-0.2, 0) is 0 Å². The molecule has 0 saturated carbocycles. The molecule has 0 radical (unpaired) electrons. The summed E-state index contributed by atoms with van der Waals surface area (Å²) in [6, 6.07) is 14.6. The van der Waals surface area contributed by atoms with Gasteiger partial charge in [-0.1, -0.05) is 30.3 Å². The standard InChI is InChI=1S/C16H12FN3O/c17-14-13(7-8-19-15(14)18)16(21)20-12-6-5-10-3-1-2-4-11(10)9-12/h1-9H,(H2,18,19)(H,20,21). The van der Waals surface area contributed by atoms with E-state index in [0.717, 1.165) is 10.8 Å². The molecule has 3 N–H and O–H groups in total. The van der Waals surface area contributed by atoms with Crippen LogP contribution in [0.5, 0.6) is 0 Å². The van der Waals surface area contributed by atoms with Crippen molar-refractivity contribution >= 4 is 28.2 Å². The number of carbonyl (C=O) groups excluding carboxylic acids is 1. The minimum Gasteiger partial charge on any atom is -0.381 e. The van der Waals surface area contributed by atoms with E-state index < -0.39 is 11.7 Å². The summed E-state index contributed by atoms with van der Waals surface area (Å²) in [5.41, 5.74) is 5.82. The predicted molar refractivity (Wildman–Crippen MR) is 80.5 cm³/mol. The van der Waals surface area contributed by atoms with Gasteiger partial charge < -0.3 is 11.1 Å². The van der Waals surface area contributed by atoms with Crippen LogP contribution < -0.4 is 11.1 Å². The Morgan fingerprint density at radius 1 is 1.10 bits per heavy atom. The van der Waals surface area contributed by atoms with Crippen LogP contribution in [0.25, 0.3) is 10.8 Å². The highest BCUT2D eigenvalue weighted by Gasteiger charge is 2.14. The first kappa shape index (κ1) is 13.1. The van der Waals surface area contributed by atoms with Gasteiger partial charge in [-0.05, 0) is 29.0 Å². The van der Waals surface area contributed by atoms with Gasteiger partial charge in [0, 0.05) is 11.9 Å². The van der Waals surface area contributed by atoms with E-state index in [1.54, 1.807) is 6.07 Å². The maximum Gasteiger partial charge on any atom is 0.258 e. The summed E-state index contributed by atoms with van der Waals surface area (Å²) in [4.78, 5) is 15.7. The van der Waals surface area contributed by atoms with Gasteiger partial charge in [-0.2, -0.15) is 0 Å². The fourth-order valence-electron chi connectivity index (χ4n) is 2.10. The van der Waals surface area contributed by atoms with E-state index in [4.69, 9.17) is 5.73 Å². The van der Waals surface area contributed by atoms with E-state index in [1.807, 2.05) is 36.4 Å². The Bertz CT molecular complexity index is 833. The Labute approximate surface area is 120 Å². The molecule has 0 aliphatic heterocycles. The molecule has 3 aromatic rings. The number of anilines is 2. The summed E-state index contributed by atoms with van der Waals surface area (Å²) >= 11 is 0. The fraction of sp³-hybridized carbons (Fsp3) is 0. The van der Waals surface area contributed by atoms with Gasteiger partial charge >= 0.3 is 0 Å². The number of hydrogen-bond acceptors (Lipinski definition) is 3. The Hall–Kier alpha value is -2.95. The normalized spacial score (nSPS) is 10.5. The highest BCUT2D eigenvalue weighted by Crippen LogP contribution is 2.20. The Kier molecular flexibility index (Phi) is 3.23. The number of carbonyl (C=O) groups is 1. The van der Waals surface area contributed by atoms with Crippen LogP contribution in [0.4, 0.5) is 15.9 Å². The zero-order valence-corrected chi connectivity index (χ0v) is 11.0. The quantitative estimate of drug-likeness (QED) is 0.758. The summed E-state index contributed by atoms with van der Waals surface area (Å²) in [5, 5.41) is 4.71. The van der Waals surface area contributed by atoms with Gasteiger partial charge in [0.25, 0.3) is 5.91 Å². The monoisotopic (exact) mass is 281 g/mol. The molecule has 5 heteroatoms. The van der Waals surface area contributed by atoms with Crippen molar-refractivity contribution in [3.05, 3.63) is 66.1 Å². The van der Waals surface area contributed by atoms with Crippen molar-refractivity contribution in [2.75, 3.05) is 11.1 Å². The minimum atomic E-state index is -0.809. The molecule has 0 aliphatic rings. The maximum absolute atomic E-state index is 13.8. The largest absolute Gasteiger partial charge is 0.381 e. The molecule has 0 saturated heterocycles. The number of nitrogens with two attached hydrogens (primary N) is 1. The van der Waals surface area contributed by atoms with E-state index in [0.29, 0.717) is 5.69 Å². The third-order valence-electron chi connectivity index (χ3n) is 3.17. The number of rotatable bonds is 2. The molecule has 0 aliphatic carbocycles. The van der Waals surface area contributed by atoms with Crippen molar-refractivity contribution < 1.29 is 9.18 Å². The van der Waals surface area contributed by atoms with Crippen molar-refractivity contribution in [1.29, 1.82) is 0 Å². The first-order valence-corrected chi connectivity index (χ1v) is 6.35. The lowest BCUT2D eigenvalue weighted by Gasteiger charge is -2.08. The fourth-order valence-corrected chi connectivity index (χ4v) is 2.10. The lowest BCUT2D eigenvalue weighted by atomic mass is 10.1. The first-order valence-electron chi connectivity index (χ1n) is 6.35. The van der Waals surface area contributed by atoms with Crippen LogP contribution in [0, 0.1) is 5.82 Å². The summed E-state index contributed by atoms with van der Waals surface area (Å²) in [6.07, 6.45) is 1.30. The number of fused-ring (bicyclic) bond motifs is 1. The highest BCUT2D eigenvalue weighted by molar-refractivity contribution is 6.05. The third-order valence-corrected chi connectivity index (χ3v) is 3.17. The van der Waals surface area contributed by atoms with E-state index in [1.165, 1.54) is 12.3 Å². The lowest BCUT2D eigenvalue weighted by Crippen LogP contribution is -2.15. The van der Waals surface area contributed by atoms with Gasteiger partial charge in [0.15, 0.2) is 11.6 Å². The number of benzene rings is 2. The number of nitrogens with zero attached hydrogens (tertiary/aromatic N) is 1. The number of amides is 1. The van der Waals surface area contributed by atoms with E-state index in [-0.39, 0.29) is 11.4 Å². The molecule has 3 rings (SSSR count). The van der Waals surface area contributed by atoms with Crippen LogP contribution in [0.2, 0.25) is 0 Å². The average Bonchev–Trinajstić information content (AvgIpc) is 2.50. The number of aromatic nitrogens is 1. The summed E-state index contributed by atoms with van der Waals surface area (Å²) in [6.45, 7) is 0. The van der Waals surface area contributed by atoms with Crippen LogP contribution in [0.3, 0.4) is 0 Å².